The lowest BCUT2D eigenvalue weighted by Gasteiger charge is -2.30. The Bertz CT molecular complexity index is 431. The lowest BCUT2D eigenvalue weighted by Crippen LogP contribution is -2.30. The Kier molecular flexibility index (Phi) is 4.97. The largest absolute Gasteiger partial charge is 0.481 e. The van der Waals surface area contributed by atoms with Gasteiger partial charge < -0.3 is 5.11 Å². The summed E-state index contributed by atoms with van der Waals surface area (Å²) in [7, 11) is 0. The van der Waals surface area contributed by atoms with Gasteiger partial charge in [0.05, 0.1) is 6.42 Å². The van der Waals surface area contributed by atoms with Crippen LogP contribution >= 0.6 is 0 Å². The van der Waals surface area contributed by atoms with Crippen LogP contribution in [-0.4, -0.2) is 29.1 Å². The van der Waals surface area contributed by atoms with Gasteiger partial charge in [0.25, 0.3) is 0 Å². The number of hydrogen-bond donors (Lipinski definition) is 1. The molecule has 0 saturated carbocycles. The lowest BCUT2D eigenvalue weighted by molar-refractivity contribution is -0.137. The fourth-order valence-electron chi connectivity index (χ4n) is 2.93. The summed E-state index contributed by atoms with van der Waals surface area (Å²) in [5, 5.41) is 8.89. The summed E-state index contributed by atoms with van der Waals surface area (Å²) in [5.41, 5.74) is 2.62. The van der Waals surface area contributed by atoms with Crippen molar-refractivity contribution in [3.05, 3.63) is 35.4 Å². The first-order chi connectivity index (χ1) is 9.16. The van der Waals surface area contributed by atoms with E-state index in [1.54, 1.807) is 0 Å². The van der Waals surface area contributed by atoms with E-state index in [-0.39, 0.29) is 6.42 Å². The van der Waals surface area contributed by atoms with Gasteiger partial charge in [0, 0.05) is 12.6 Å². The molecular weight excluding hydrogens is 238 g/mol. The second-order valence-electron chi connectivity index (χ2n) is 5.46. The molecule has 1 N–H and O–H groups in total. The Labute approximate surface area is 115 Å². The Hall–Kier alpha value is -1.35. The van der Waals surface area contributed by atoms with Crippen molar-refractivity contribution in [1.82, 2.24) is 4.90 Å². The van der Waals surface area contributed by atoms with Crippen LogP contribution in [0, 0.1) is 6.92 Å². The molecule has 1 fully saturated rings. The summed E-state index contributed by atoms with van der Waals surface area (Å²) in [6.07, 6.45) is 5.06. The van der Waals surface area contributed by atoms with Gasteiger partial charge in [0.1, 0.15) is 0 Å². The van der Waals surface area contributed by atoms with Crippen molar-refractivity contribution >= 4 is 5.97 Å². The molecule has 1 unspecified atom stereocenters. The van der Waals surface area contributed by atoms with E-state index in [0.717, 1.165) is 13.0 Å². The molecule has 1 aliphatic heterocycles. The normalized spacial score (nSPS) is 21.0. The zero-order valence-corrected chi connectivity index (χ0v) is 11.6. The zero-order valence-electron chi connectivity index (χ0n) is 11.6. The molecule has 1 atom stereocenters. The van der Waals surface area contributed by atoms with E-state index in [1.807, 2.05) is 0 Å². The summed E-state index contributed by atoms with van der Waals surface area (Å²) in [6, 6.07) is 9.02. The number of carboxylic acids is 1. The average molecular weight is 261 g/mol. The molecule has 1 heterocycles. The van der Waals surface area contributed by atoms with Gasteiger partial charge >= 0.3 is 5.97 Å². The Balaban J connectivity index is 2.14. The first kappa shape index (κ1) is 14.1. The number of aliphatic carboxylic acids is 1. The van der Waals surface area contributed by atoms with Crippen LogP contribution in [0.2, 0.25) is 0 Å². The molecule has 1 aliphatic rings. The molecule has 19 heavy (non-hydrogen) atoms. The fraction of sp³-hybridized carbons (Fsp3) is 0.562. The number of carboxylic acid groups (broad SMARTS) is 1. The lowest BCUT2D eigenvalue weighted by atomic mass is 9.99. The molecule has 0 spiro atoms. The monoisotopic (exact) mass is 261 g/mol. The fourth-order valence-corrected chi connectivity index (χ4v) is 2.93. The number of likely N-dealkylation sites (tertiary alicyclic amines) is 1. The molecule has 1 aromatic carbocycles. The second-order valence-corrected chi connectivity index (χ2v) is 5.46. The van der Waals surface area contributed by atoms with Gasteiger partial charge in [-0.25, -0.2) is 0 Å². The number of nitrogens with zero attached hydrogens (tertiary/aromatic N) is 1. The molecule has 0 bridgehead atoms. The third-order valence-electron chi connectivity index (χ3n) is 3.90. The quantitative estimate of drug-likeness (QED) is 0.903. The number of rotatable bonds is 4. The molecule has 0 aliphatic carbocycles. The maximum atomic E-state index is 10.8. The van der Waals surface area contributed by atoms with E-state index >= 15 is 0 Å². The predicted octanol–water partition coefficient (Wildman–Crippen LogP) is 3.39. The standard InChI is InChI=1S/C16H23NO2/c1-13-6-5-7-14(12-13)15-8-3-2-4-10-17(15)11-9-16(18)19/h5-7,12,15H,2-4,8-11H2,1H3,(H,18,19). The highest BCUT2D eigenvalue weighted by atomic mass is 16.4. The molecule has 0 aromatic heterocycles. The molecule has 1 aromatic rings. The smallest absolute Gasteiger partial charge is 0.304 e. The van der Waals surface area contributed by atoms with Gasteiger partial charge in [-0.15, -0.1) is 0 Å². The van der Waals surface area contributed by atoms with Crippen LogP contribution < -0.4 is 0 Å². The topological polar surface area (TPSA) is 40.5 Å². The maximum Gasteiger partial charge on any atom is 0.304 e. The number of aryl methyl sites for hydroxylation is 1. The van der Waals surface area contributed by atoms with Crippen molar-refractivity contribution in [1.29, 1.82) is 0 Å². The number of hydrogen-bond acceptors (Lipinski definition) is 2. The molecule has 3 heteroatoms. The Morgan fingerprint density at radius 1 is 1.37 bits per heavy atom. The molecule has 3 nitrogen and oxygen atoms in total. The first-order valence-corrected chi connectivity index (χ1v) is 7.19. The van der Waals surface area contributed by atoms with Crippen LogP contribution in [0.5, 0.6) is 0 Å². The third-order valence-corrected chi connectivity index (χ3v) is 3.90. The van der Waals surface area contributed by atoms with E-state index in [9.17, 15) is 4.79 Å². The summed E-state index contributed by atoms with van der Waals surface area (Å²) >= 11 is 0. The summed E-state index contributed by atoms with van der Waals surface area (Å²) < 4.78 is 0. The van der Waals surface area contributed by atoms with Crippen molar-refractivity contribution in [2.24, 2.45) is 0 Å². The van der Waals surface area contributed by atoms with E-state index in [2.05, 4.69) is 36.1 Å². The minimum atomic E-state index is -0.702. The Morgan fingerprint density at radius 3 is 2.95 bits per heavy atom. The van der Waals surface area contributed by atoms with E-state index in [4.69, 9.17) is 5.11 Å². The summed E-state index contributed by atoms with van der Waals surface area (Å²) in [4.78, 5) is 13.2. The minimum absolute atomic E-state index is 0.238. The molecule has 2 rings (SSSR count). The van der Waals surface area contributed by atoms with Crippen molar-refractivity contribution in [2.45, 2.75) is 45.1 Å². The zero-order chi connectivity index (χ0) is 13.7. The summed E-state index contributed by atoms with van der Waals surface area (Å²) in [6.45, 7) is 3.79. The highest BCUT2D eigenvalue weighted by molar-refractivity contribution is 5.66. The van der Waals surface area contributed by atoms with Crippen LogP contribution in [0.1, 0.15) is 49.3 Å². The van der Waals surface area contributed by atoms with Crippen LogP contribution in [-0.2, 0) is 4.79 Å². The van der Waals surface area contributed by atoms with Crippen LogP contribution in [0.4, 0.5) is 0 Å². The van der Waals surface area contributed by atoms with Crippen molar-refractivity contribution in [3.8, 4) is 0 Å². The van der Waals surface area contributed by atoms with Gasteiger partial charge in [-0.1, -0.05) is 42.7 Å². The maximum absolute atomic E-state index is 10.8. The van der Waals surface area contributed by atoms with Gasteiger partial charge in [-0.05, 0) is 31.9 Å². The molecular formula is C16H23NO2. The summed E-state index contributed by atoms with van der Waals surface area (Å²) in [5.74, 6) is -0.702. The average Bonchev–Trinajstić information content (AvgIpc) is 2.61. The predicted molar refractivity (Wildman–Crippen MR) is 76.2 cm³/mol. The van der Waals surface area contributed by atoms with E-state index < -0.39 is 5.97 Å². The van der Waals surface area contributed by atoms with Crippen LogP contribution in [0.25, 0.3) is 0 Å². The minimum Gasteiger partial charge on any atom is -0.481 e. The van der Waals surface area contributed by atoms with Crippen molar-refractivity contribution in [2.75, 3.05) is 13.1 Å². The van der Waals surface area contributed by atoms with E-state index in [0.29, 0.717) is 12.6 Å². The Morgan fingerprint density at radius 2 is 2.21 bits per heavy atom. The highest BCUT2D eigenvalue weighted by Crippen LogP contribution is 2.30. The number of carbonyl (C=O) groups is 1. The van der Waals surface area contributed by atoms with Crippen LogP contribution in [0.15, 0.2) is 24.3 Å². The van der Waals surface area contributed by atoms with Gasteiger partial charge in [-0.2, -0.15) is 0 Å². The SMILES string of the molecule is Cc1cccc(C2CCCCCN2CCC(=O)O)c1. The molecule has 0 amide bonds. The van der Waals surface area contributed by atoms with E-state index in [1.165, 1.54) is 30.4 Å². The van der Waals surface area contributed by atoms with Crippen molar-refractivity contribution < 1.29 is 9.90 Å². The van der Waals surface area contributed by atoms with Crippen molar-refractivity contribution in [3.63, 3.8) is 0 Å². The van der Waals surface area contributed by atoms with Gasteiger partial charge in [0.2, 0.25) is 0 Å². The molecule has 104 valence electrons. The third kappa shape index (κ3) is 4.06. The van der Waals surface area contributed by atoms with Gasteiger partial charge in [-0.3, -0.25) is 9.69 Å². The van der Waals surface area contributed by atoms with Crippen LogP contribution in [0.3, 0.4) is 0 Å². The number of benzene rings is 1. The highest BCUT2D eigenvalue weighted by Gasteiger charge is 2.22. The molecule has 1 saturated heterocycles. The first-order valence-electron chi connectivity index (χ1n) is 7.19. The molecule has 0 radical (unpaired) electrons. The van der Waals surface area contributed by atoms with Gasteiger partial charge in [0.15, 0.2) is 0 Å². The second kappa shape index (κ2) is 6.71.